The molecular weight excluding hydrogens is 210 g/mol. The van der Waals surface area contributed by atoms with Gasteiger partial charge in [-0.25, -0.2) is 0 Å². The third-order valence-corrected chi connectivity index (χ3v) is 3.33. The zero-order valence-corrected chi connectivity index (χ0v) is 12.0. The lowest BCUT2D eigenvalue weighted by atomic mass is 10.1. The van der Waals surface area contributed by atoms with Gasteiger partial charge in [0.1, 0.15) is 0 Å². The topological polar surface area (TPSA) is 29.9 Å². The van der Waals surface area contributed by atoms with Gasteiger partial charge in [0.2, 0.25) is 0 Å². The summed E-state index contributed by atoms with van der Waals surface area (Å²) in [6, 6.07) is 0.513. The molecule has 1 unspecified atom stereocenters. The molecule has 0 spiro atoms. The average Bonchev–Trinajstić information content (AvgIpc) is 2.57. The number of aromatic nitrogens is 2. The molecular formula is C14H27N3. The summed E-state index contributed by atoms with van der Waals surface area (Å²) in [5, 5.41) is 8.15. The van der Waals surface area contributed by atoms with Gasteiger partial charge in [0, 0.05) is 23.8 Å². The van der Waals surface area contributed by atoms with E-state index in [1.54, 1.807) is 0 Å². The van der Waals surface area contributed by atoms with Crippen molar-refractivity contribution < 1.29 is 0 Å². The predicted molar refractivity (Wildman–Crippen MR) is 73.3 cm³/mol. The highest BCUT2D eigenvalue weighted by Crippen LogP contribution is 2.20. The molecule has 1 atom stereocenters. The molecule has 1 aromatic rings. The van der Waals surface area contributed by atoms with Crippen LogP contribution in [0.3, 0.4) is 0 Å². The highest BCUT2D eigenvalue weighted by atomic mass is 15.3. The van der Waals surface area contributed by atoms with E-state index in [9.17, 15) is 0 Å². The van der Waals surface area contributed by atoms with Gasteiger partial charge < -0.3 is 5.32 Å². The summed E-state index contributed by atoms with van der Waals surface area (Å²) in [4.78, 5) is 0. The van der Waals surface area contributed by atoms with Crippen LogP contribution in [0.4, 0.5) is 0 Å². The Labute approximate surface area is 106 Å². The van der Waals surface area contributed by atoms with E-state index in [2.05, 4.69) is 49.7 Å². The Hall–Kier alpha value is -0.830. The lowest BCUT2D eigenvalue weighted by Crippen LogP contribution is -2.15. The van der Waals surface area contributed by atoms with Gasteiger partial charge in [0.05, 0.1) is 5.69 Å². The van der Waals surface area contributed by atoms with E-state index >= 15 is 0 Å². The molecule has 17 heavy (non-hydrogen) atoms. The van der Waals surface area contributed by atoms with Crippen molar-refractivity contribution in [3.63, 3.8) is 0 Å². The minimum atomic E-state index is 0.513. The van der Waals surface area contributed by atoms with E-state index in [1.165, 1.54) is 36.2 Å². The zero-order chi connectivity index (χ0) is 12.8. The average molecular weight is 237 g/mol. The molecule has 0 aliphatic heterocycles. The molecule has 1 N–H and O–H groups in total. The Morgan fingerprint density at radius 3 is 2.53 bits per heavy atom. The van der Waals surface area contributed by atoms with Crippen LogP contribution in [0.25, 0.3) is 0 Å². The van der Waals surface area contributed by atoms with Crippen LogP contribution in [0.5, 0.6) is 0 Å². The SMILES string of the molecule is CCCNCc1c(C)nn(C(C)CCC)c1C. The Balaban J connectivity index is 2.78. The first-order valence-electron chi connectivity index (χ1n) is 6.87. The Morgan fingerprint density at radius 1 is 1.24 bits per heavy atom. The quantitative estimate of drug-likeness (QED) is 0.737. The maximum Gasteiger partial charge on any atom is 0.0641 e. The first-order chi connectivity index (χ1) is 8.11. The summed E-state index contributed by atoms with van der Waals surface area (Å²) >= 11 is 0. The molecule has 0 aromatic carbocycles. The van der Waals surface area contributed by atoms with Crippen molar-refractivity contribution in [2.45, 2.75) is 66.5 Å². The lowest BCUT2D eigenvalue weighted by molar-refractivity contribution is 0.443. The molecule has 0 bridgehead atoms. The van der Waals surface area contributed by atoms with E-state index in [0.717, 1.165) is 13.1 Å². The van der Waals surface area contributed by atoms with Crippen molar-refractivity contribution in [2.75, 3.05) is 6.54 Å². The fourth-order valence-electron chi connectivity index (χ4n) is 2.31. The Morgan fingerprint density at radius 2 is 1.94 bits per heavy atom. The second-order valence-corrected chi connectivity index (χ2v) is 4.91. The smallest absolute Gasteiger partial charge is 0.0641 e. The fourth-order valence-corrected chi connectivity index (χ4v) is 2.31. The highest BCUT2D eigenvalue weighted by molar-refractivity contribution is 5.24. The summed E-state index contributed by atoms with van der Waals surface area (Å²) in [6.07, 6.45) is 3.59. The summed E-state index contributed by atoms with van der Waals surface area (Å²) in [7, 11) is 0. The molecule has 98 valence electrons. The van der Waals surface area contributed by atoms with Gasteiger partial charge in [-0.15, -0.1) is 0 Å². The van der Waals surface area contributed by atoms with Crippen molar-refractivity contribution in [3.8, 4) is 0 Å². The molecule has 0 amide bonds. The van der Waals surface area contributed by atoms with Crippen LogP contribution >= 0.6 is 0 Å². The lowest BCUT2D eigenvalue weighted by Gasteiger charge is -2.13. The Kier molecular flexibility index (Phi) is 5.69. The fraction of sp³-hybridized carbons (Fsp3) is 0.786. The van der Waals surface area contributed by atoms with E-state index in [0.29, 0.717) is 6.04 Å². The second-order valence-electron chi connectivity index (χ2n) is 4.91. The molecule has 3 nitrogen and oxygen atoms in total. The van der Waals surface area contributed by atoms with Crippen molar-refractivity contribution >= 4 is 0 Å². The van der Waals surface area contributed by atoms with Crippen LogP contribution in [0.2, 0.25) is 0 Å². The van der Waals surface area contributed by atoms with Crippen molar-refractivity contribution in [3.05, 3.63) is 17.0 Å². The number of nitrogens with one attached hydrogen (secondary N) is 1. The van der Waals surface area contributed by atoms with Crippen LogP contribution in [0, 0.1) is 13.8 Å². The minimum Gasteiger partial charge on any atom is -0.313 e. The van der Waals surface area contributed by atoms with E-state index < -0.39 is 0 Å². The maximum atomic E-state index is 4.68. The maximum absolute atomic E-state index is 4.68. The monoisotopic (exact) mass is 237 g/mol. The highest BCUT2D eigenvalue weighted by Gasteiger charge is 2.14. The van der Waals surface area contributed by atoms with Gasteiger partial charge >= 0.3 is 0 Å². The largest absolute Gasteiger partial charge is 0.313 e. The zero-order valence-electron chi connectivity index (χ0n) is 12.0. The molecule has 0 fully saturated rings. The van der Waals surface area contributed by atoms with Crippen LogP contribution < -0.4 is 5.32 Å². The molecule has 0 saturated heterocycles. The minimum absolute atomic E-state index is 0.513. The number of rotatable bonds is 7. The Bertz CT molecular complexity index is 341. The van der Waals surface area contributed by atoms with E-state index in [4.69, 9.17) is 0 Å². The van der Waals surface area contributed by atoms with Crippen molar-refractivity contribution in [2.24, 2.45) is 0 Å². The summed E-state index contributed by atoms with van der Waals surface area (Å²) in [6.45, 7) is 13.0. The van der Waals surface area contributed by atoms with Gasteiger partial charge in [-0.05, 0) is 40.2 Å². The van der Waals surface area contributed by atoms with Crippen molar-refractivity contribution in [1.29, 1.82) is 0 Å². The van der Waals surface area contributed by atoms with Gasteiger partial charge in [-0.2, -0.15) is 5.10 Å². The van der Waals surface area contributed by atoms with E-state index in [-0.39, 0.29) is 0 Å². The van der Waals surface area contributed by atoms with Crippen LogP contribution in [0.1, 0.15) is 63.0 Å². The molecule has 1 aromatic heterocycles. The molecule has 1 rings (SSSR count). The molecule has 1 heterocycles. The first kappa shape index (κ1) is 14.2. The van der Waals surface area contributed by atoms with Crippen molar-refractivity contribution in [1.82, 2.24) is 15.1 Å². The normalized spacial score (nSPS) is 13.0. The van der Waals surface area contributed by atoms with Crippen LogP contribution in [-0.4, -0.2) is 16.3 Å². The summed E-state index contributed by atoms with van der Waals surface area (Å²) in [5.41, 5.74) is 3.88. The number of aryl methyl sites for hydroxylation is 1. The third-order valence-electron chi connectivity index (χ3n) is 3.33. The summed E-state index contributed by atoms with van der Waals surface area (Å²) < 4.78 is 2.20. The standard InChI is InChI=1S/C14H27N3/c1-6-8-11(3)17-13(5)14(12(4)16-17)10-15-9-7-2/h11,15H,6-10H2,1-5H3. The molecule has 0 aliphatic carbocycles. The number of nitrogens with zero attached hydrogens (tertiary/aromatic N) is 2. The third kappa shape index (κ3) is 3.56. The van der Waals surface area contributed by atoms with Gasteiger partial charge in [-0.1, -0.05) is 20.3 Å². The second kappa shape index (κ2) is 6.80. The number of hydrogen-bond donors (Lipinski definition) is 1. The van der Waals surface area contributed by atoms with E-state index in [1.807, 2.05) is 0 Å². The molecule has 0 radical (unpaired) electrons. The molecule has 0 aliphatic rings. The van der Waals surface area contributed by atoms with Crippen LogP contribution in [-0.2, 0) is 6.54 Å². The number of hydrogen-bond acceptors (Lipinski definition) is 2. The van der Waals surface area contributed by atoms with Gasteiger partial charge in [0.15, 0.2) is 0 Å². The van der Waals surface area contributed by atoms with Crippen LogP contribution in [0.15, 0.2) is 0 Å². The predicted octanol–water partition coefficient (Wildman–Crippen LogP) is 3.36. The van der Waals surface area contributed by atoms with Gasteiger partial charge in [0.25, 0.3) is 0 Å². The van der Waals surface area contributed by atoms with Gasteiger partial charge in [-0.3, -0.25) is 4.68 Å². The summed E-state index contributed by atoms with van der Waals surface area (Å²) in [5.74, 6) is 0. The first-order valence-corrected chi connectivity index (χ1v) is 6.87. The molecule has 0 saturated carbocycles. The molecule has 3 heteroatoms.